The van der Waals surface area contributed by atoms with Crippen molar-refractivity contribution < 1.29 is 22.7 Å². The van der Waals surface area contributed by atoms with Crippen LogP contribution in [0.3, 0.4) is 0 Å². The van der Waals surface area contributed by atoms with Gasteiger partial charge in [-0.2, -0.15) is 0 Å². The average molecular weight is 290 g/mol. The molecule has 108 valence electrons. The number of methoxy groups -OCH3 is 1. The Morgan fingerprint density at radius 2 is 2.11 bits per heavy atom. The summed E-state index contributed by atoms with van der Waals surface area (Å²) in [4.78, 5) is 11.7. The second-order valence-electron chi connectivity index (χ2n) is 3.93. The average Bonchev–Trinajstić information content (AvgIpc) is 2.73. The van der Waals surface area contributed by atoms with Crippen molar-refractivity contribution in [3.63, 3.8) is 0 Å². The smallest absolute Gasteiger partial charge is 0.355 e. The minimum absolute atomic E-state index is 0.0976. The Kier molecular flexibility index (Phi) is 5.52. The van der Waals surface area contributed by atoms with Crippen LogP contribution < -0.4 is 5.14 Å². The van der Waals surface area contributed by atoms with Crippen molar-refractivity contribution in [1.29, 1.82) is 0 Å². The molecule has 0 aromatic carbocycles. The van der Waals surface area contributed by atoms with Crippen LogP contribution in [0.2, 0.25) is 0 Å². The first-order valence-electron chi connectivity index (χ1n) is 5.79. The minimum atomic E-state index is -3.83. The fourth-order valence-corrected chi connectivity index (χ4v) is 2.08. The standard InChI is InChI=1S/C11H18N2O5S/c1-3-4-13-8-9(19(12,15)16)7-10(13)11(14)18-6-5-17-2/h7-8H,3-6H2,1-2H3,(H2,12,15,16). The highest BCUT2D eigenvalue weighted by atomic mass is 32.2. The Bertz CT molecular complexity index is 535. The number of esters is 1. The molecule has 1 aromatic rings. The number of nitrogens with zero attached hydrogens (tertiary/aromatic N) is 1. The Hall–Kier alpha value is -1.38. The summed E-state index contributed by atoms with van der Waals surface area (Å²) in [5.41, 5.74) is 0.168. The molecule has 1 rings (SSSR count). The number of hydrogen-bond acceptors (Lipinski definition) is 5. The van der Waals surface area contributed by atoms with Crippen LogP contribution in [-0.4, -0.2) is 39.3 Å². The van der Waals surface area contributed by atoms with Crippen LogP contribution in [0.1, 0.15) is 23.8 Å². The second kappa shape index (κ2) is 6.69. The van der Waals surface area contributed by atoms with E-state index in [1.54, 1.807) is 0 Å². The molecule has 19 heavy (non-hydrogen) atoms. The Morgan fingerprint density at radius 1 is 1.42 bits per heavy atom. The third kappa shape index (κ3) is 4.34. The highest BCUT2D eigenvalue weighted by Gasteiger charge is 2.19. The molecular formula is C11H18N2O5S. The van der Waals surface area contributed by atoms with Crippen molar-refractivity contribution >= 4 is 16.0 Å². The highest BCUT2D eigenvalue weighted by molar-refractivity contribution is 7.89. The van der Waals surface area contributed by atoms with Crippen LogP contribution >= 0.6 is 0 Å². The molecule has 0 saturated heterocycles. The summed E-state index contributed by atoms with van der Waals surface area (Å²) < 4.78 is 33.8. The largest absolute Gasteiger partial charge is 0.459 e. The SMILES string of the molecule is CCCn1cc(S(N)(=O)=O)cc1C(=O)OCCOC. The van der Waals surface area contributed by atoms with E-state index >= 15 is 0 Å². The van der Waals surface area contributed by atoms with Gasteiger partial charge in [-0.05, 0) is 12.5 Å². The first-order chi connectivity index (χ1) is 8.90. The van der Waals surface area contributed by atoms with Crippen LogP contribution in [0.5, 0.6) is 0 Å². The molecule has 0 aliphatic rings. The maximum atomic E-state index is 11.8. The maximum Gasteiger partial charge on any atom is 0.355 e. The summed E-state index contributed by atoms with van der Waals surface area (Å²) in [7, 11) is -2.34. The van der Waals surface area contributed by atoms with E-state index < -0.39 is 16.0 Å². The van der Waals surface area contributed by atoms with Crippen molar-refractivity contribution in [2.45, 2.75) is 24.8 Å². The summed E-state index contributed by atoms with van der Waals surface area (Å²) in [5, 5.41) is 5.04. The number of rotatable bonds is 7. The number of carbonyl (C=O) groups is 1. The number of primary sulfonamides is 1. The zero-order valence-corrected chi connectivity index (χ0v) is 11.8. The van der Waals surface area contributed by atoms with E-state index in [1.165, 1.54) is 23.9 Å². The lowest BCUT2D eigenvalue weighted by molar-refractivity contribution is 0.0376. The van der Waals surface area contributed by atoms with Crippen molar-refractivity contribution in [2.24, 2.45) is 5.14 Å². The second-order valence-corrected chi connectivity index (χ2v) is 5.49. The normalized spacial score (nSPS) is 11.5. The van der Waals surface area contributed by atoms with Gasteiger partial charge < -0.3 is 14.0 Å². The van der Waals surface area contributed by atoms with Gasteiger partial charge in [0.15, 0.2) is 0 Å². The summed E-state index contributed by atoms with van der Waals surface area (Å²) in [5.74, 6) is -0.597. The third-order valence-electron chi connectivity index (χ3n) is 2.39. The van der Waals surface area contributed by atoms with E-state index in [4.69, 9.17) is 14.6 Å². The third-order valence-corrected chi connectivity index (χ3v) is 3.27. The molecule has 0 radical (unpaired) electrons. The van der Waals surface area contributed by atoms with E-state index in [9.17, 15) is 13.2 Å². The molecule has 0 spiro atoms. The maximum absolute atomic E-state index is 11.8. The number of nitrogens with two attached hydrogens (primary N) is 1. The quantitative estimate of drug-likeness (QED) is 0.577. The van der Waals surface area contributed by atoms with Crippen molar-refractivity contribution in [3.05, 3.63) is 18.0 Å². The lowest BCUT2D eigenvalue weighted by atomic mass is 10.4. The summed E-state index contributed by atoms with van der Waals surface area (Å²) in [6.45, 7) is 2.81. The van der Waals surface area contributed by atoms with Gasteiger partial charge in [0.25, 0.3) is 0 Å². The van der Waals surface area contributed by atoms with Crippen molar-refractivity contribution in [3.8, 4) is 0 Å². The Morgan fingerprint density at radius 3 is 2.63 bits per heavy atom. The van der Waals surface area contributed by atoms with E-state index in [0.29, 0.717) is 6.54 Å². The fourth-order valence-electron chi connectivity index (χ4n) is 1.53. The summed E-state index contributed by atoms with van der Waals surface area (Å²) >= 11 is 0. The van der Waals surface area contributed by atoms with E-state index in [1.807, 2.05) is 6.92 Å². The van der Waals surface area contributed by atoms with Gasteiger partial charge in [0.1, 0.15) is 17.2 Å². The Balaban J connectivity index is 2.97. The van der Waals surface area contributed by atoms with Crippen LogP contribution in [0, 0.1) is 0 Å². The van der Waals surface area contributed by atoms with Crippen molar-refractivity contribution in [1.82, 2.24) is 4.57 Å². The molecule has 0 saturated carbocycles. The lowest BCUT2D eigenvalue weighted by Crippen LogP contribution is -2.14. The predicted octanol–water partition coefficient (Wildman–Crippen LogP) is 0.349. The van der Waals surface area contributed by atoms with Gasteiger partial charge in [-0.15, -0.1) is 0 Å². The van der Waals surface area contributed by atoms with Gasteiger partial charge in [0.2, 0.25) is 10.0 Å². The summed E-state index contributed by atoms with van der Waals surface area (Å²) in [6.07, 6.45) is 2.09. The van der Waals surface area contributed by atoms with Crippen LogP contribution in [0.15, 0.2) is 17.2 Å². The molecule has 8 heteroatoms. The molecule has 0 atom stereocenters. The molecule has 0 bridgehead atoms. The fraction of sp³-hybridized carbons (Fsp3) is 0.545. The first-order valence-corrected chi connectivity index (χ1v) is 7.33. The van der Waals surface area contributed by atoms with E-state index in [2.05, 4.69) is 0 Å². The molecule has 1 heterocycles. The van der Waals surface area contributed by atoms with E-state index in [-0.39, 0.29) is 23.8 Å². The topological polar surface area (TPSA) is 101 Å². The number of hydrogen-bond donors (Lipinski definition) is 1. The molecule has 0 aliphatic heterocycles. The molecule has 0 unspecified atom stereocenters. The van der Waals surface area contributed by atoms with Gasteiger partial charge in [-0.1, -0.05) is 6.92 Å². The highest BCUT2D eigenvalue weighted by Crippen LogP contribution is 2.15. The van der Waals surface area contributed by atoms with Crippen LogP contribution in [0.4, 0.5) is 0 Å². The van der Waals surface area contributed by atoms with Gasteiger partial charge in [-0.3, -0.25) is 0 Å². The Labute approximate surface area is 112 Å². The number of ether oxygens (including phenoxy) is 2. The van der Waals surface area contributed by atoms with E-state index in [0.717, 1.165) is 6.42 Å². The van der Waals surface area contributed by atoms with Gasteiger partial charge >= 0.3 is 5.97 Å². The minimum Gasteiger partial charge on any atom is -0.459 e. The molecule has 7 nitrogen and oxygen atoms in total. The molecule has 0 fully saturated rings. The summed E-state index contributed by atoms with van der Waals surface area (Å²) in [6, 6.07) is 1.22. The lowest BCUT2D eigenvalue weighted by Gasteiger charge is -2.07. The zero-order valence-electron chi connectivity index (χ0n) is 11.0. The number of carbonyl (C=O) groups excluding carboxylic acids is 1. The van der Waals surface area contributed by atoms with Crippen molar-refractivity contribution in [2.75, 3.05) is 20.3 Å². The molecule has 2 N–H and O–H groups in total. The van der Waals surface area contributed by atoms with Gasteiger partial charge in [0, 0.05) is 19.9 Å². The number of aryl methyl sites for hydroxylation is 1. The zero-order chi connectivity index (χ0) is 14.5. The van der Waals surface area contributed by atoms with Gasteiger partial charge in [-0.25, -0.2) is 18.4 Å². The predicted molar refractivity (Wildman–Crippen MR) is 68.3 cm³/mol. The molecule has 0 amide bonds. The van der Waals surface area contributed by atoms with Crippen LogP contribution in [-0.2, 0) is 26.0 Å². The monoisotopic (exact) mass is 290 g/mol. The molecule has 0 aliphatic carbocycles. The first kappa shape index (κ1) is 15.7. The number of sulfonamides is 1. The molecular weight excluding hydrogens is 272 g/mol. The number of aromatic nitrogens is 1. The van der Waals surface area contributed by atoms with Gasteiger partial charge in [0.05, 0.1) is 6.61 Å². The van der Waals surface area contributed by atoms with Crippen LogP contribution in [0.25, 0.3) is 0 Å². The molecule has 1 aromatic heterocycles.